The van der Waals surface area contributed by atoms with Crippen molar-refractivity contribution in [1.82, 2.24) is 10.2 Å². The third-order valence-corrected chi connectivity index (χ3v) is 5.37. The third kappa shape index (κ3) is 2.87. The van der Waals surface area contributed by atoms with Crippen molar-refractivity contribution in [2.75, 3.05) is 6.61 Å². The van der Waals surface area contributed by atoms with Crippen LogP contribution in [0, 0.1) is 0 Å². The highest BCUT2D eigenvalue weighted by Crippen LogP contribution is 2.38. The molecule has 1 saturated heterocycles. The molecule has 3 rings (SSSR count). The van der Waals surface area contributed by atoms with E-state index in [1.165, 1.54) is 4.88 Å². The Hall–Kier alpha value is -0.910. The molecule has 0 spiro atoms. The molecule has 2 fully saturated rings. The van der Waals surface area contributed by atoms with E-state index in [1.807, 2.05) is 6.92 Å². The second-order valence-corrected chi connectivity index (χ2v) is 6.85. The Kier molecular flexibility index (Phi) is 4.62. The molecule has 5 heteroatoms. The fourth-order valence-corrected chi connectivity index (χ4v) is 4.12. The van der Waals surface area contributed by atoms with Gasteiger partial charge >= 0.3 is 0 Å². The highest BCUT2D eigenvalue weighted by atomic mass is 32.1. The molecule has 2 unspecified atom stereocenters. The number of rotatable bonds is 6. The molecule has 2 atom stereocenters. The van der Waals surface area contributed by atoms with Crippen molar-refractivity contribution >= 4 is 17.2 Å². The maximum Gasteiger partial charge on any atom is 0.241 e. The van der Waals surface area contributed by atoms with Gasteiger partial charge in [0.2, 0.25) is 5.91 Å². The van der Waals surface area contributed by atoms with Crippen LogP contribution in [0.1, 0.15) is 50.6 Å². The van der Waals surface area contributed by atoms with Crippen molar-refractivity contribution in [1.29, 1.82) is 0 Å². The molecule has 0 bridgehead atoms. The molecular formula is C16H24N2O2S. The minimum absolute atomic E-state index is 0.0201. The summed E-state index contributed by atoms with van der Waals surface area (Å²) in [6.45, 7) is 4.92. The van der Waals surface area contributed by atoms with Gasteiger partial charge in [0.05, 0.1) is 12.1 Å². The molecular weight excluding hydrogens is 284 g/mol. The fourth-order valence-electron chi connectivity index (χ4n) is 3.34. The van der Waals surface area contributed by atoms with Crippen molar-refractivity contribution < 1.29 is 9.53 Å². The first-order chi connectivity index (χ1) is 10.2. The fraction of sp³-hybridized carbons (Fsp3) is 0.688. The molecule has 1 aliphatic heterocycles. The molecule has 1 aromatic heterocycles. The summed E-state index contributed by atoms with van der Waals surface area (Å²) >= 11 is 1.72. The Balaban J connectivity index is 1.73. The minimum Gasteiger partial charge on any atom is -0.378 e. The van der Waals surface area contributed by atoms with E-state index in [0.29, 0.717) is 12.1 Å². The van der Waals surface area contributed by atoms with Crippen LogP contribution < -0.4 is 5.32 Å². The third-order valence-electron chi connectivity index (χ3n) is 4.45. The van der Waals surface area contributed by atoms with E-state index in [9.17, 15) is 4.79 Å². The zero-order chi connectivity index (χ0) is 14.8. The van der Waals surface area contributed by atoms with Crippen LogP contribution in [0.4, 0.5) is 0 Å². The summed E-state index contributed by atoms with van der Waals surface area (Å²) < 4.78 is 5.65. The lowest BCUT2D eigenvalue weighted by Crippen LogP contribution is -2.50. The van der Waals surface area contributed by atoms with Crippen molar-refractivity contribution in [3.8, 4) is 0 Å². The molecule has 2 aliphatic rings. The quantitative estimate of drug-likeness (QED) is 0.878. The monoisotopic (exact) mass is 308 g/mol. The summed E-state index contributed by atoms with van der Waals surface area (Å²) in [5, 5.41) is 5.62. The van der Waals surface area contributed by atoms with Gasteiger partial charge in [0, 0.05) is 17.5 Å². The van der Waals surface area contributed by atoms with Gasteiger partial charge in [-0.2, -0.15) is 0 Å². The Morgan fingerprint density at radius 1 is 1.43 bits per heavy atom. The maximum atomic E-state index is 12.7. The van der Waals surface area contributed by atoms with E-state index in [1.54, 1.807) is 11.3 Å². The smallest absolute Gasteiger partial charge is 0.241 e. The van der Waals surface area contributed by atoms with Gasteiger partial charge in [-0.1, -0.05) is 19.4 Å². The molecule has 0 radical (unpaired) electrons. The van der Waals surface area contributed by atoms with Crippen LogP contribution >= 0.6 is 11.3 Å². The van der Waals surface area contributed by atoms with E-state index >= 15 is 0 Å². The highest BCUT2D eigenvalue weighted by Gasteiger charge is 2.47. The summed E-state index contributed by atoms with van der Waals surface area (Å²) in [6, 6.07) is 4.49. The van der Waals surface area contributed by atoms with Crippen LogP contribution in [0.5, 0.6) is 0 Å². The highest BCUT2D eigenvalue weighted by molar-refractivity contribution is 7.10. The topological polar surface area (TPSA) is 41.6 Å². The Bertz CT molecular complexity index is 471. The second kappa shape index (κ2) is 6.46. The van der Waals surface area contributed by atoms with Gasteiger partial charge in [-0.3, -0.25) is 10.1 Å². The summed E-state index contributed by atoms with van der Waals surface area (Å²) in [5.74, 6) is 0.273. The molecule has 2 heterocycles. The summed E-state index contributed by atoms with van der Waals surface area (Å²) in [5.41, 5.74) is 0. The van der Waals surface area contributed by atoms with E-state index in [4.69, 9.17) is 4.74 Å². The van der Waals surface area contributed by atoms with E-state index in [2.05, 4.69) is 34.7 Å². The number of amides is 1. The molecule has 21 heavy (non-hydrogen) atoms. The van der Waals surface area contributed by atoms with Crippen LogP contribution in [0.3, 0.4) is 0 Å². The van der Waals surface area contributed by atoms with E-state index < -0.39 is 0 Å². The Labute approximate surface area is 130 Å². The largest absolute Gasteiger partial charge is 0.378 e. The molecule has 1 saturated carbocycles. The zero-order valence-electron chi connectivity index (χ0n) is 12.7. The first-order valence-electron chi connectivity index (χ1n) is 7.97. The standard InChI is InChI=1S/C16H24N2O2S/c1-3-6-13-16(19)18(11-9-12(10-11)20-4-2)15(17-13)14-7-5-8-21-14/h5,7-8,11-13,15,17H,3-4,6,9-10H2,1-2H3. The van der Waals surface area contributed by atoms with Crippen molar-refractivity contribution in [2.45, 2.75) is 63.9 Å². The predicted molar refractivity (Wildman–Crippen MR) is 84.2 cm³/mol. The van der Waals surface area contributed by atoms with Gasteiger partial charge < -0.3 is 9.64 Å². The summed E-state index contributed by atoms with van der Waals surface area (Å²) in [7, 11) is 0. The lowest BCUT2D eigenvalue weighted by molar-refractivity contribution is -0.138. The molecule has 0 aromatic carbocycles. The van der Waals surface area contributed by atoms with Gasteiger partial charge in [-0.15, -0.1) is 11.3 Å². The Morgan fingerprint density at radius 3 is 2.86 bits per heavy atom. The van der Waals surface area contributed by atoms with Crippen molar-refractivity contribution in [2.24, 2.45) is 0 Å². The van der Waals surface area contributed by atoms with Gasteiger partial charge in [0.15, 0.2) is 0 Å². The number of nitrogens with zero attached hydrogens (tertiary/aromatic N) is 1. The number of ether oxygens (including phenoxy) is 1. The molecule has 1 aliphatic carbocycles. The van der Waals surface area contributed by atoms with Gasteiger partial charge in [-0.05, 0) is 37.6 Å². The lowest BCUT2D eigenvalue weighted by atomic mass is 9.87. The average Bonchev–Trinajstić information content (AvgIpc) is 3.04. The van der Waals surface area contributed by atoms with Crippen LogP contribution in [-0.2, 0) is 9.53 Å². The molecule has 1 N–H and O–H groups in total. The molecule has 1 aromatic rings. The number of hydrogen-bond acceptors (Lipinski definition) is 4. The van der Waals surface area contributed by atoms with Crippen LogP contribution in [-0.4, -0.2) is 35.6 Å². The van der Waals surface area contributed by atoms with Gasteiger partial charge in [0.25, 0.3) is 0 Å². The second-order valence-electron chi connectivity index (χ2n) is 5.87. The number of carbonyl (C=O) groups excluding carboxylic acids is 1. The van der Waals surface area contributed by atoms with Crippen molar-refractivity contribution in [3.63, 3.8) is 0 Å². The number of nitrogens with one attached hydrogen (secondary N) is 1. The van der Waals surface area contributed by atoms with E-state index in [0.717, 1.165) is 32.3 Å². The molecule has 4 nitrogen and oxygen atoms in total. The first kappa shape index (κ1) is 15.0. The normalized spacial score (nSPS) is 32.5. The van der Waals surface area contributed by atoms with Gasteiger partial charge in [-0.25, -0.2) is 0 Å². The average molecular weight is 308 g/mol. The molecule has 116 valence electrons. The van der Waals surface area contributed by atoms with Crippen molar-refractivity contribution in [3.05, 3.63) is 22.4 Å². The maximum absolute atomic E-state index is 12.7. The van der Waals surface area contributed by atoms with Crippen LogP contribution in [0.15, 0.2) is 17.5 Å². The number of thiophene rings is 1. The van der Waals surface area contributed by atoms with E-state index in [-0.39, 0.29) is 18.1 Å². The minimum atomic E-state index is -0.0201. The van der Waals surface area contributed by atoms with Gasteiger partial charge in [0.1, 0.15) is 6.17 Å². The zero-order valence-corrected chi connectivity index (χ0v) is 13.6. The van der Waals surface area contributed by atoms with Crippen LogP contribution in [0.25, 0.3) is 0 Å². The summed E-state index contributed by atoms with van der Waals surface area (Å²) in [4.78, 5) is 16.0. The Morgan fingerprint density at radius 2 is 2.24 bits per heavy atom. The summed E-state index contributed by atoms with van der Waals surface area (Å²) in [6.07, 6.45) is 4.28. The predicted octanol–water partition coefficient (Wildman–Crippen LogP) is 2.91. The lowest BCUT2D eigenvalue weighted by Gasteiger charge is -2.42. The first-order valence-corrected chi connectivity index (χ1v) is 8.85. The number of hydrogen-bond donors (Lipinski definition) is 1. The molecule has 1 amide bonds. The number of carbonyl (C=O) groups is 1. The van der Waals surface area contributed by atoms with Crippen LogP contribution in [0.2, 0.25) is 0 Å². The SMILES string of the molecule is CCCC1NC(c2cccs2)N(C2CC(OCC)C2)C1=O.